The van der Waals surface area contributed by atoms with Crippen LogP contribution in [0.15, 0.2) is 12.2 Å². The van der Waals surface area contributed by atoms with Crippen LogP contribution in [0.4, 0.5) is 0 Å². The van der Waals surface area contributed by atoms with Crippen LogP contribution < -0.4 is 0 Å². The molecule has 6 fully saturated rings. The summed E-state index contributed by atoms with van der Waals surface area (Å²) in [6, 6.07) is 0. The first-order valence-corrected chi connectivity index (χ1v) is 17.2. The van der Waals surface area contributed by atoms with Crippen molar-refractivity contribution in [1.82, 2.24) is 0 Å². The maximum atomic E-state index is 12.9. The van der Waals surface area contributed by atoms with Crippen molar-refractivity contribution in [1.29, 1.82) is 0 Å². The van der Waals surface area contributed by atoms with Gasteiger partial charge in [-0.05, 0) is 129 Å². The minimum absolute atomic E-state index is 0.0935. The highest BCUT2D eigenvalue weighted by Crippen LogP contribution is 2.77. The second-order valence-electron chi connectivity index (χ2n) is 17.3. The average molecular weight is 603 g/mol. The Morgan fingerprint density at radius 1 is 0.814 bits per heavy atom. The van der Waals surface area contributed by atoms with Crippen LogP contribution in [-0.2, 0) is 14.3 Å². The van der Waals surface area contributed by atoms with Crippen molar-refractivity contribution in [3.63, 3.8) is 0 Å². The van der Waals surface area contributed by atoms with Gasteiger partial charge in [-0.15, -0.1) is 0 Å². The molecule has 0 radical (unpaired) electrons. The summed E-state index contributed by atoms with van der Waals surface area (Å²) in [4.78, 5) is 12.9. The third-order valence-electron chi connectivity index (χ3n) is 15.5. The molecule has 43 heavy (non-hydrogen) atoms. The van der Waals surface area contributed by atoms with Gasteiger partial charge >= 0.3 is 5.97 Å². The molecule has 7 nitrogen and oxygen atoms in total. The molecule has 244 valence electrons. The molecule has 0 aromatic rings. The molecule has 5 unspecified atom stereocenters. The van der Waals surface area contributed by atoms with Gasteiger partial charge in [-0.3, -0.25) is 4.79 Å². The molecule has 1 saturated heterocycles. The Labute approximate surface area is 258 Å². The molecule has 0 aromatic heterocycles. The van der Waals surface area contributed by atoms with Gasteiger partial charge in [0.25, 0.3) is 0 Å². The lowest BCUT2D eigenvalue weighted by molar-refractivity contribution is -0.326. The van der Waals surface area contributed by atoms with Gasteiger partial charge in [0, 0.05) is 0 Å². The maximum Gasteiger partial charge on any atom is 0.309 e. The Hall–Kier alpha value is -0.990. The monoisotopic (exact) mass is 602 g/mol. The standard InChI is InChI=1S/C36H58O7/c1-19(2)21-11-16-36(31(40)41)18-17-34(7)22(26(21)36)9-10-24-33(6)14-13-25(32(4,5)23(33)12-15-35(24,34)8)43-30-29(39)28(38)27(37)20(3)42-30/h20-30,37-39H,1,9-18H2,2-8H3,(H,40,41)/t20-,21-,22?,23?,24?,25-,26?,27-,28+,29+,30-,33-,34+,35+,36?/m0/s1. The van der Waals surface area contributed by atoms with Crippen LogP contribution >= 0.6 is 0 Å². The van der Waals surface area contributed by atoms with Crippen LogP contribution in [0.2, 0.25) is 0 Å². The number of aliphatic hydroxyl groups is 3. The largest absolute Gasteiger partial charge is 0.481 e. The second-order valence-corrected chi connectivity index (χ2v) is 17.3. The molecule has 6 aliphatic rings. The van der Waals surface area contributed by atoms with Crippen molar-refractivity contribution >= 4 is 5.97 Å². The van der Waals surface area contributed by atoms with E-state index in [9.17, 15) is 25.2 Å². The minimum atomic E-state index is -1.29. The fourth-order valence-electron chi connectivity index (χ4n) is 13.0. The van der Waals surface area contributed by atoms with Gasteiger partial charge < -0.3 is 29.9 Å². The molecule has 0 bridgehead atoms. The topological polar surface area (TPSA) is 116 Å². The summed E-state index contributed by atoms with van der Waals surface area (Å²) in [6.45, 7) is 20.5. The van der Waals surface area contributed by atoms with Gasteiger partial charge in [-0.1, -0.05) is 46.8 Å². The van der Waals surface area contributed by atoms with E-state index in [2.05, 4.69) is 48.1 Å². The zero-order chi connectivity index (χ0) is 31.5. The molecular weight excluding hydrogens is 544 g/mol. The number of carboxylic acids is 1. The first-order chi connectivity index (χ1) is 20.0. The molecule has 7 heteroatoms. The van der Waals surface area contributed by atoms with Crippen LogP contribution in [0.3, 0.4) is 0 Å². The van der Waals surface area contributed by atoms with E-state index >= 15 is 0 Å². The molecule has 1 aliphatic heterocycles. The second kappa shape index (κ2) is 10.3. The SMILES string of the molecule is C=C(C)[C@@H]1CCC2(C(=O)O)CC[C@]3(C)C(CCC4[C@@]5(C)CC[C@H](O[C@@H]6O[C@@H](C)[C@H](O)[C@@H](O)[C@H]6O)C(C)(C)C5CC[C@]43C)C12. The zero-order valence-electron chi connectivity index (χ0n) is 27.6. The normalized spacial score (nSPS) is 55.8. The van der Waals surface area contributed by atoms with Crippen LogP contribution in [0.25, 0.3) is 0 Å². The van der Waals surface area contributed by atoms with E-state index in [4.69, 9.17) is 9.47 Å². The van der Waals surface area contributed by atoms with Crippen molar-refractivity contribution in [2.24, 2.45) is 56.7 Å². The fourth-order valence-corrected chi connectivity index (χ4v) is 13.0. The summed E-state index contributed by atoms with van der Waals surface area (Å²) < 4.78 is 12.4. The quantitative estimate of drug-likeness (QED) is 0.232. The molecule has 6 rings (SSSR count). The zero-order valence-corrected chi connectivity index (χ0v) is 27.6. The molecule has 5 aliphatic carbocycles. The van der Waals surface area contributed by atoms with Crippen molar-refractivity contribution in [3.8, 4) is 0 Å². The van der Waals surface area contributed by atoms with E-state index in [-0.39, 0.29) is 33.7 Å². The summed E-state index contributed by atoms with van der Waals surface area (Å²) >= 11 is 0. The predicted octanol–water partition coefficient (Wildman–Crippen LogP) is 5.94. The number of ether oxygens (including phenoxy) is 2. The summed E-state index contributed by atoms with van der Waals surface area (Å²) in [5, 5.41) is 41.9. The van der Waals surface area contributed by atoms with Gasteiger partial charge in [0.2, 0.25) is 0 Å². The van der Waals surface area contributed by atoms with E-state index in [0.717, 1.165) is 64.2 Å². The van der Waals surface area contributed by atoms with Gasteiger partial charge in [0.15, 0.2) is 6.29 Å². The smallest absolute Gasteiger partial charge is 0.309 e. The van der Waals surface area contributed by atoms with Crippen LogP contribution in [0.5, 0.6) is 0 Å². The average Bonchev–Trinajstić information content (AvgIpc) is 3.34. The van der Waals surface area contributed by atoms with Crippen molar-refractivity contribution in [2.75, 3.05) is 0 Å². The van der Waals surface area contributed by atoms with Crippen molar-refractivity contribution < 1.29 is 34.7 Å². The predicted molar refractivity (Wildman–Crippen MR) is 164 cm³/mol. The number of aliphatic carboxylic acids is 1. The third-order valence-corrected chi connectivity index (χ3v) is 15.5. The molecule has 0 spiro atoms. The number of hydrogen-bond donors (Lipinski definition) is 4. The minimum Gasteiger partial charge on any atom is -0.481 e. The maximum absolute atomic E-state index is 12.9. The number of fused-ring (bicyclic) bond motifs is 7. The van der Waals surface area contributed by atoms with Gasteiger partial charge in [0.05, 0.1) is 17.6 Å². The summed E-state index contributed by atoms with van der Waals surface area (Å²) in [5.74, 6) is 1.30. The Balaban J connectivity index is 1.28. The van der Waals surface area contributed by atoms with Crippen molar-refractivity contribution in [3.05, 3.63) is 12.2 Å². The molecule has 5 saturated carbocycles. The Morgan fingerprint density at radius 2 is 1.51 bits per heavy atom. The van der Waals surface area contributed by atoms with Crippen molar-refractivity contribution in [2.45, 2.75) is 149 Å². The van der Waals surface area contributed by atoms with E-state index in [1.165, 1.54) is 5.57 Å². The summed E-state index contributed by atoms with van der Waals surface area (Å²) in [6.07, 6.45) is 4.48. The van der Waals surface area contributed by atoms with E-state index in [1.54, 1.807) is 6.92 Å². The first-order valence-electron chi connectivity index (χ1n) is 17.2. The summed E-state index contributed by atoms with van der Waals surface area (Å²) in [5.41, 5.74) is 0.767. The lowest BCUT2D eigenvalue weighted by Gasteiger charge is -2.73. The molecule has 15 atom stereocenters. The number of aliphatic hydroxyl groups excluding tert-OH is 3. The van der Waals surface area contributed by atoms with Crippen LogP contribution in [0, 0.1) is 56.7 Å². The number of carbonyl (C=O) groups is 1. The molecule has 1 heterocycles. The van der Waals surface area contributed by atoms with Gasteiger partial charge in [-0.2, -0.15) is 0 Å². The number of hydrogen-bond acceptors (Lipinski definition) is 6. The Morgan fingerprint density at radius 3 is 2.16 bits per heavy atom. The number of rotatable bonds is 4. The fraction of sp³-hybridized carbons (Fsp3) is 0.917. The highest BCUT2D eigenvalue weighted by Gasteiger charge is 2.72. The van der Waals surface area contributed by atoms with Crippen LogP contribution in [-0.4, -0.2) is 63.2 Å². The number of carboxylic acid groups (broad SMARTS) is 1. The van der Waals surface area contributed by atoms with E-state index < -0.39 is 42.1 Å². The third kappa shape index (κ3) is 4.19. The highest BCUT2D eigenvalue weighted by molar-refractivity contribution is 5.76. The van der Waals surface area contributed by atoms with Crippen LogP contribution in [0.1, 0.15) is 113 Å². The molecule has 0 amide bonds. The highest BCUT2D eigenvalue weighted by atomic mass is 16.7. The Kier molecular flexibility index (Phi) is 7.62. The summed E-state index contributed by atoms with van der Waals surface area (Å²) in [7, 11) is 0. The van der Waals surface area contributed by atoms with E-state index in [1.807, 2.05) is 0 Å². The first kappa shape index (κ1) is 32.0. The molecule has 0 aromatic carbocycles. The molecule has 4 N–H and O–H groups in total. The molecular formula is C36H58O7. The Bertz CT molecular complexity index is 1140. The lowest BCUT2D eigenvalue weighted by atomic mass is 9.32. The van der Waals surface area contributed by atoms with Gasteiger partial charge in [0.1, 0.15) is 18.3 Å². The van der Waals surface area contributed by atoms with Gasteiger partial charge in [-0.25, -0.2) is 0 Å². The lowest BCUT2D eigenvalue weighted by Crippen LogP contribution is -2.67. The van der Waals surface area contributed by atoms with E-state index in [0.29, 0.717) is 23.7 Å². The number of allylic oxidation sites excluding steroid dienone is 1.